The molecule has 0 bridgehead atoms. The maximum atomic E-state index is 11.8. The van der Waals surface area contributed by atoms with Crippen LogP contribution >= 0.6 is 0 Å². The summed E-state index contributed by atoms with van der Waals surface area (Å²) in [6, 6.07) is 9.11. The van der Waals surface area contributed by atoms with Crippen molar-refractivity contribution in [2.75, 3.05) is 45.8 Å². The highest BCUT2D eigenvalue weighted by atomic mass is 16.2. The van der Waals surface area contributed by atoms with E-state index in [9.17, 15) is 9.59 Å². The average Bonchev–Trinajstić information content (AvgIpc) is 2.64. The van der Waals surface area contributed by atoms with Crippen LogP contribution in [0.1, 0.15) is 29.6 Å². The average molecular weight is 332 g/mol. The molecular formula is C18H28N4O2. The highest BCUT2D eigenvalue weighted by Gasteiger charge is 2.09. The summed E-state index contributed by atoms with van der Waals surface area (Å²) in [6.07, 6.45) is 2.08. The summed E-state index contributed by atoms with van der Waals surface area (Å²) in [5, 5.41) is 9.11. The molecule has 2 rings (SSSR count). The minimum atomic E-state index is -0.0907. The molecule has 0 unspecified atom stereocenters. The zero-order valence-corrected chi connectivity index (χ0v) is 14.2. The maximum Gasteiger partial charge on any atom is 0.251 e. The van der Waals surface area contributed by atoms with E-state index in [1.54, 1.807) is 12.1 Å². The van der Waals surface area contributed by atoms with Gasteiger partial charge in [-0.25, -0.2) is 0 Å². The van der Waals surface area contributed by atoms with E-state index in [0.29, 0.717) is 24.9 Å². The fraction of sp³-hybridized carbons (Fsp3) is 0.556. The fourth-order valence-corrected chi connectivity index (χ4v) is 2.70. The van der Waals surface area contributed by atoms with Gasteiger partial charge in [0.2, 0.25) is 5.91 Å². The van der Waals surface area contributed by atoms with Crippen molar-refractivity contribution in [3.05, 3.63) is 35.9 Å². The van der Waals surface area contributed by atoms with E-state index in [-0.39, 0.29) is 11.8 Å². The molecule has 1 saturated heterocycles. The summed E-state index contributed by atoms with van der Waals surface area (Å²) in [4.78, 5) is 26.0. The Morgan fingerprint density at radius 1 is 1.00 bits per heavy atom. The van der Waals surface area contributed by atoms with Crippen molar-refractivity contribution in [3.63, 3.8) is 0 Å². The molecule has 1 aliphatic heterocycles. The summed E-state index contributed by atoms with van der Waals surface area (Å²) in [5.41, 5.74) is 0.648. The molecule has 1 aromatic rings. The predicted molar refractivity (Wildman–Crippen MR) is 94.9 cm³/mol. The van der Waals surface area contributed by atoms with Gasteiger partial charge in [-0.15, -0.1) is 0 Å². The summed E-state index contributed by atoms with van der Waals surface area (Å²) in [5.74, 6) is -0.0312. The fourth-order valence-electron chi connectivity index (χ4n) is 2.70. The van der Waals surface area contributed by atoms with E-state index >= 15 is 0 Å². The van der Waals surface area contributed by atoms with Crippen LogP contribution in [-0.4, -0.2) is 62.5 Å². The lowest BCUT2D eigenvalue weighted by molar-refractivity contribution is -0.121. The molecule has 1 fully saturated rings. The number of nitrogens with one attached hydrogen (secondary N) is 3. The van der Waals surface area contributed by atoms with Gasteiger partial charge in [0.1, 0.15) is 0 Å². The highest BCUT2D eigenvalue weighted by Crippen LogP contribution is 1.98. The van der Waals surface area contributed by atoms with Crippen LogP contribution in [0.3, 0.4) is 0 Å². The van der Waals surface area contributed by atoms with Crippen LogP contribution in [0.5, 0.6) is 0 Å². The van der Waals surface area contributed by atoms with Crippen molar-refractivity contribution >= 4 is 11.8 Å². The van der Waals surface area contributed by atoms with E-state index in [1.165, 1.54) is 0 Å². The van der Waals surface area contributed by atoms with Gasteiger partial charge < -0.3 is 20.9 Å². The van der Waals surface area contributed by atoms with E-state index in [0.717, 1.165) is 45.7 Å². The third-order valence-electron chi connectivity index (χ3n) is 4.09. The number of benzene rings is 1. The molecule has 2 amide bonds. The molecule has 0 radical (unpaired) electrons. The van der Waals surface area contributed by atoms with Crippen molar-refractivity contribution in [3.8, 4) is 0 Å². The number of nitrogens with zero attached hydrogens (tertiary/aromatic N) is 1. The smallest absolute Gasteiger partial charge is 0.251 e. The topological polar surface area (TPSA) is 73.5 Å². The van der Waals surface area contributed by atoms with Gasteiger partial charge in [-0.2, -0.15) is 0 Å². The van der Waals surface area contributed by atoms with Crippen LogP contribution in [0.2, 0.25) is 0 Å². The number of rotatable bonds is 9. The Labute approximate surface area is 144 Å². The lowest BCUT2D eigenvalue weighted by Crippen LogP contribution is -2.44. The monoisotopic (exact) mass is 332 g/mol. The van der Waals surface area contributed by atoms with Crippen molar-refractivity contribution in [2.24, 2.45) is 0 Å². The van der Waals surface area contributed by atoms with E-state index < -0.39 is 0 Å². The number of carbonyl (C=O) groups excluding carboxylic acids is 2. The van der Waals surface area contributed by atoms with Crippen LogP contribution in [0.25, 0.3) is 0 Å². The molecule has 1 aromatic carbocycles. The van der Waals surface area contributed by atoms with Gasteiger partial charge in [-0.1, -0.05) is 18.2 Å². The van der Waals surface area contributed by atoms with Gasteiger partial charge in [0.15, 0.2) is 0 Å². The van der Waals surface area contributed by atoms with E-state index in [4.69, 9.17) is 0 Å². The second kappa shape index (κ2) is 10.8. The highest BCUT2D eigenvalue weighted by molar-refractivity contribution is 5.94. The van der Waals surface area contributed by atoms with Crippen LogP contribution in [0.15, 0.2) is 30.3 Å². The summed E-state index contributed by atoms with van der Waals surface area (Å²) in [6.45, 7) is 6.57. The normalized spacial score (nSPS) is 15.0. The lowest BCUT2D eigenvalue weighted by Gasteiger charge is -2.27. The minimum absolute atomic E-state index is 0.0595. The first-order valence-electron chi connectivity index (χ1n) is 8.79. The Kier molecular flexibility index (Phi) is 8.27. The Morgan fingerprint density at radius 3 is 2.46 bits per heavy atom. The Morgan fingerprint density at radius 2 is 1.71 bits per heavy atom. The maximum absolute atomic E-state index is 11.8. The molecule has 6 heteroatoms. The molecule has 132 valence electrons. The van der Waals surface area contributed by atoms with E-state index in [2.05, 4.69) is 20.9 Å². The summed E-state index contributed by atoms with van der Waals surface area (Å²) in [7, 11) is 0. The van der Waals surface area contributed by atoms with E-state index in [1.807, 2.05) is 18.2 Å². The van der Waals surface area contributed by atoms with Crippen molar-refractivity contribution in [1.29, 1.82) is 0 Å². The Balaban J connectivity index is 1.47. The summed E-state index contributed by atoms with van der Waals surface area (Å²) < 4.78 is 0. The van der Waals surface area contributed by atoms with Gasteiger partial charge in [0, 0.05) is 51.3 Å². The molecule has 6 nitrogen and oxygen atoms in total. The third kappa shape index (κ3) is 7.10. The number of hydrogen-bond donors (Lipinski definition) is 3. The Hall–Kier alpha value is -1.92. The van der Waals surface area contributed by atoms with Crippen LogP contribution in [0.4, 0.5) is 0 Å². The standard InChI is InChI=1S/C18H28N4O2/c23-17(20-10-5-13-22-14-11-19-12-15-22)8-4-9-21-18(24)16-6-2-1-3-7-16/h1-3,6-7,19H,4-5,8-15H2,(H,20,23)(H,21,24). The zero-order valence-electron chi connectivity index (χ0n) is 14.2. The minimum Gasteiger partial charge on any atom is -0.356 e. The van der Waals surface area contributed by atoms with Crippen LogP contribution < -0.4 is 16.0 Å². The molecule has 0 spiro atoms. The largest absolute Gasteiger partial charge is 0.356 e. The quantitative estimate of drug-likeness (QED) is 0.579. The number of piperazine rings is 1. The SMILES string of the molecule is O=C(CCCNC(=O)c1ccccc1)NCCCN1CCNCC1. The first kappa shape index (κ1) is 18.4. The third-order valence-corrected chi connectivity index (χ3v) is 4.09. The van der Waals surface area contributed by atoms with Gasteiger partial charge in [-0.05, 0) is 31.5 Å². The molecule has 1 aliphatic rings. The molecule has 0 atom stereocenters. The first-order valence-corrected chi connectivity index (χ1v) is 8.79. The van der Waals surface area contributed by atoms with Gasteiger partial charge in [-0.3, -0.25) is 9.59 Å². The van der Waals surface area contributed by atoms with Gasteiger partial charge >= 0.3 is 0 Å². The van der Waals surface area contributed by atoms with Gasteiger partial charge in [0.25, 0.3) is 5.91 Å². The predicted octanol–water partition coefficient (Wildman–Crippen LogP) is 0.608. The number of amides is 2. The Bertz CT molecular complexity index is 501. The van der Waals surface area contributed by atoms with Gasteiger partial charge in [0.05, 0.1) is 0 Å². The number of hydrogen-bond acceptors (Lipinski definition) is 4. The summed E-state index contributed by atoms with van der Waals surface area (Å²) >= 11 is 0. The molecule has 3 N–H and O–H groups in total. The van der Waals surface area contributed by atoms with Crippen molar-refractivity contribution < 1.29 is 9.59 Å². The first-order chi connectivity index (χ1) is 11.8. The lowest BCUT2D eigenvalue weighted by atomic mass is 10.2. The zero-order chi connectivity index (χ0) is 17.0. The van der Waals surface area contributed by atoms with Crippen molar-refractivity contribution in [2.45, 2.75) is 19.3 Å². The molecule has 0 saturated carbocycles. The molecule has 24 heavy (non-hydrogen) atoms. The molecule has 0 aliphatic carbocycles. The van der Waals surface area contributed by atoms with Crippen molar-refractivity contribution in [1.82, 2.24) is 20.9 Å². The van der Waals surface area contributed by atoms with Crippen LogP contribution in [0, 0.1) is 0 Å². The molecule has 0 aromatic heterocycles. The molecule has 1 heterocycles. The second-order valence-electron chi connectivity index (χ2n) is 6.02. The number of carbonyl (C=O) groups is 2. The second-order valence-corrected chi connectivity index (χ2v) is 6.02. The molecular weight excluding hydrogens is 304 g/mol. The van der Waals surface area contributed by atoms with Crippen LogP contribution in [-0.2, 0) is 4.79 Å².